The number of nitrogens with one attached hydrogen (secondary N) is 2. The van der Waals surface area contributed by atoms with Gasteiger partial charge in [-0.2, -0.15) is 0 Å². The summed E-state index contributed by atoms with van der Waals surface area (Å²) in [5.74, 6) is -0.966. The predicted octanol–water partition coefficient (Wildman–Crippen LogP) is 1.28. The number of likely N-dealkylation sites (tertiary alicyclic amines) is 1. The Labute approximate surface area is 124 Å². The van der Waals surface area contributed by atoms with Gasteiger partial charge in [0.05, 0.1) is 5.56 Å². The molecule has 1 aliphatic rings. The van der Waals surface area contributed by atoms with Gasteiger partial charge < -0.3 is 20.6 Å². The number of benzene rings is 1. The van der Waals surface area contributed by atoms with E-state index >= 15 is 0 Å². The molecule has 6 nitrogen and oxygen atoms in total. The highest BCUT2D eigenvalue weighted by Gasteiger charge is 2.18. The summed E-state index contributed by atoms with van der Waals surface area (Å²) in [7, 11) is 2.04. The van der Waals surface area contributed by atoms with Gasteiger partial charge >= 0.3 is 12.0 Å². The van der Waals surface area contributed by atoms with Crippen molar-refractivity contribution in [3.8, 4) is 0 Å². The Morgan fingerprint density at radius 2 is 2.24 bits per heavy atom. The van der Waals surface area contributed by atoms with Gasteiger partial charge in [0.1, 0.15) is 0 Å². The number of rotatable bonds is 4. The van der Waals surface area contributed by atoms with E-state index in [4.69, 9.17) is 5.11 Å². The molecule has 1 aromatic carbocycles. The number of nitrogens with zero attached hydrogens (tertiary/aromatic N) is 1. The number of carboxylic acid groups (broad SMARTS) is 1. The number of likely N-dealkylation sites (N-methyl/N-ethyl adjacent to an activating group) is 1. The minimum atomic E-state index is -0.966. The molecule has 0 bridgehead atoms. The van der Waals surface area contributed by atoms with E-state index in [2.05, 4.69) is 15.5 Å². The van der Waals surface area contributed by atoms with Crippen molar-refractivity contribution in [1.29, 1.82) is 0 Å². The summed E-state index contributed by atoms with van der Waals surface area (Å²) >= 11 is 0. The van der Waals surface area contributed by atoms with Gasteiger partial charge in [0.2, 0.25) is 0 Å². The fourth-order valence-corrected chi connectivity index (χ4v) is 2.52. The van der Waals surface area contributed by atoms with E-state index in [-0.39, 0.29) is 17.6 Å². The second kappa shape index (κ2) is 7.08. The molecule has 0 saturated carbocycles. The van der Waals surface area contributed by atoms with E-state index in [1.54, 1.807) is 18.2 Å². The number of carbonyl (C=O) groups is 2. The van der Waals surface area contributed by atoms with Gasteiger partial charge in [-0.05, 0) is 44.1 Å². The van der Waals surface area contributed by atoms with Crippen molar-refractivity contribution in [2.75, 3.05) is 20.1 Å². The average molecular weight is 291 g/mol. The number of urea groups is 1. The molecule has 114 valence electrons. The highest BCUT2D eigenvalue weighted by atomic mass is 16.4. The minimum Gasteiger partial charge on any atom is -0.478 e. The largest absolute Gasteiger partial charge is 0.478 e. The lowest BCUT2D eigenvalue weighted by molar-refractivity contribution is 0.0696. The summed E-state index contributed by atoms with van der Waals surface area (Å²) in [5.41, 5.74) is 0.995. The molecule has 0 aromatic heterocycles. The molecule has 1 aliphatic heterocycles. The van der Waals surface area contributed by atoms with Crippen LogP contribution in [0.15, 0.2) is 24.3 Å². The van der Waals surface area contributed by atoms with Crippen molar-refractivity contribution in [1.82, 2.24) is 15.5 Å². The van der Waals surface area contributed by atoms with Gasteiger partial charge in [-0.15, -0.1) is 0 Å². The SMILES string of the molecule is CN1CCCC(NC(=O)NCc2cccc(C(=O)O)c2)C1. The summed E-state index contributed by atoms with van der Waals surface area (Å²) < 4.78 is 0. The molecule has 0 radical (unpaired) electrons. The summed E-state index contributed by atoms with van der Waals surface area (Å²) in [5, 5.41) is 14.6. The fraction of sp³-hybridized carbons (Fsp3) is 0.467. The molecule has 3 N–H and O–H groups in total. The average Bonchev–Trinajstić information content (AvgIpc) is 2.45. The second-order valence-electron chi connectivity index (χ2n) is 5.43. The summed E-state index contributed by atoms with van der Waals surface area (Å²) in [4.78, 5) is 24.9. The van der Waals surface area contributed by atoms with Crippen molar-refractivity contribution in [3.05, 3.63) is 35.4 Å². The number of carbonyl (C=O) groups excluding carboxylic acids is 1. The first-order valence-corrected chi connectivity index (χ1v) is 7.10. The van der Waals surface area contributed by atoms with Crippen molar-refractivity contribution >= 4 is 12.0 Å². The topological polar surface area (TPSA) is 81.7 Å². The molecule has 1 heterocycles. The first-order chi connectivity index (χ1) is 10.0. The van der Waals surface area contributed by atoms with E-state index in [9.17, 15) is 9.59 Å². The lowest BCUT2D eigenvalue weighted by Gasteiger charge is -2.30. The maximum absolute atomic E-state index is 11.9. The quantitative estimate of drug-likeness (QED) is 0.780. The van der Waals surface area contributed by atoms with E-state index < -0.39 is 5.97 Å². The molecule has 1 saturated heterocycles. The summed E-state index contributed by atoms with van der Waals surface area (Å²) in [6.45, 7) is 2.25. The first-order valence-electron chi connectivity index (χ1n) is 7.10. The van der Waals surface area contributed by atoms with E-state index in [1.807, 2.05) is 7.05 Å². The van der Waals surface area contributed by atoms with Crippen LogP contribution in [0.3, 0.4) is 0 Å². The Bertz CT molecular complexity index is 519. The van der Waals surface area contributed by atoms with Crippen molar-refractivity contribution in [2.45, 2.75) is 25.4 Å². The van der Waals surface area contributed by atoms with Crippen LogP contribution in [-0.2, 0) is 6.54 Å². The number of hydrogen-bond acceptors (Lipinski definition) is 3. The molecule has 21 heavy (non-hydrogen) atoms. The first kappa shape index (κ1) is 15.3. The van der Waals surface area contributed by atoms with Crippen molar-refractivity contribution < 1.29 is 14.7 Å². The van der Waals surface area contributed by atoms with Crippen LogP contribution in [0.4, 0.5) is 4.79 Å². The standard InChI is InChI=1S/C15H21N3O3/c1-18-7-3-6-13(10-18)17-15(21)16-9-11-4-2-5-12(8-11)14(19)20/h2,4-5,8,13H,3,6-7,9-10H2,1H3,(H,19,20)(H2,16,17,21). The summed E-state index contributed by atoms with van der Waals surface area (Å²) in [6.07, 6.45) is 2.08. The number of piperidine rings is 1. The molecule has 6 heteroatoms. The third-order valence-electron chi connectivity index (χ3n) is 3.59. The molecular formula is C15H21N3O3. The van der Waals surface area contributed by atoms with Crippen LogP contribution in [0.25, 0.3) is 0 Å². The van der Waals surface area contributed by atoms with Crippen LogP contribution in [0.5, 0.6) is 0 Å². The Balaban J connectivity index is 1.81. The smallest absolute Gasteiger partial charge is 0.335 e. The minimum absolute atomic E-state index is 0.175. The third-order valence-corrected chi connectivity index (χ3v) is 3.59. The van der Waals surface area contributed by atoms with E-state index in [1.165, 1.54) is 6.07 Å². The number of aromatic carboxylic acids is 1. The zero-order chi connectivity index (χ0) is 15.2. The van der Waals surface area contributed by atoms with Gasteiger partial charge in [0.15, 0.2) is 0 Å². The van der Waals surface area contributed by atoms with E-state index in [0.717, 1.165) is 31.5 Å². The van der Waals surface area contributed by atoms with Crippen LogP contribution in [-0.4, -0.2) is 48.2 Å². The zero-order valence-electron chi connectivity index (χ0n) is 12.1. The van der Waals surface area contributed by atoms with Gasteiger partial charge in [0, 0.05) is 19.1 Å². The van der Waals surface area contributed by atoms with Crippen LogP contribution in [0.1, 0.15) is 28.8 Å². The molecule has 2 amide bonds. The van der Waals surface area contributed by atoms with Crippen LogP contribution < -0.4 is 10.6 Å². The Hall–Kier alpha value is -2.08. The van der Waals surface area contributed by atoms with Gasteiger partial charge in [0.25, 0.3) is 0 Å². The molecule has 1 unspecified atom stereocenters. The Morgan fingerprint density at radius 3 is 2.95 bits per heavy atom. The fourth-order valence-electron chi connectivity index (χ4n) is 2.52. The molecular weight excluding hydrogens is 270 g/mol. The highest BCUT2D eigenvalue weighted by Crippen LogP contribution is 2.08. The number of carboxylic acids is 1. The zero-order valence-corrected chi connectivity index (χ0v) is 12.1. The number of hydrogen-bond donors (Lipinski definition) is 3. The lowest BCUT2D eigenvalue weighted by atomic mass is 10.1. The third kappa shape index (κ3) is 4.75. The molecule has 2 rings (SSSR count). The van der Waals surface area contributed by atoms with Crippen LogP contribution >= 0.6 is 0 Å². The van der Waals surface area contributed by atoms with Crippen molar-refractivity contribution in [2.24, 2.45) is 0 Å². The van der Waals surface area contributed by atoms with Gasteiger partial charge in [-0.25, -0.2) is 9.59 Å². The normalized spacial score (nSPS) is 19.0. The Kier molecular flexibility index (Phi) is 5.16. The molecule has 0 aliphatic carbocycles. The van der Waals surface area contributed by atoms with Crippen molar-refractivity contribution in [3.63, 3.8) is 0 Å². The highest BCUT2D eigenvalue weighted by molar-refractivity contribution is 5.87. The second-order valence-corrected chi connectivity index (χ2v) is 5.43. The monoisotopic (exact) mass is 291 g/mol. The van der Waals surface area contributed by atoms with Crippen LogP contribution in [0.2, 0.25) is 0 Å². The molecule has 1 fully saturated rings. The summed E-state index contributed by atoms with van der Waals surface area (Å²) in [6, 6.07) is 6.53. The maximum Gasteiger partial charge on any atom is 0.335 e. The van der Waals surface area contributed by atoms with Crippen LogP contribution in [0, 0.1) is 0 Å². The molecule has 1 aromatic rings. The van der Waals surface area contributed by atoms with Gasteiger partial charge in [-0.3, -0.25) is 0 Å². The van der Waals surface area contributed by atoms with Gasteiger partial charge in [-0.1, -0.05) is 12.1 Å². The molecule has 0 spiro atoms. The maximum atomic E-state index is 11.9. The predicted molar refractivity (Wildman–Crippen MR) is 79.3 cm³/mol. The molecule has 1 atom stereocenters. The lowest BCUT2D eigenvalue weighted by Crippen LogP contribution is -2.49. The Morgan fingerprint density at radius 1 is 1.43 bits per heavy atom. The number of amides is 2. The van der Waals surface area contributed by atoms with E-state index in [0.29, 0.717) is 6.54 Å².